The Morgan fingerprint density at radius 2 is 2.41 bits per heavy atom. The number of carboxylic acids is 1. The van der Waals surface area contributed by atoms with Crippen molar-refractivity contribution in [2.24, 2.45) is 0 Å². The number of pyridine rings is 1. The number of rotatable bonds is 3. The number of hydrogen-bond acceptors (Lipinski definition) is 3. The van der Waals surface area contributed by atoms with Gasteiger partial charge in [0.15, 0.2) is 5.69 Å². The SMILES string of the molecule is Cc1ccn2c(CCC(=O)O)nc(C#N)c2c1. The van der Waals surface area contributed by atoms with Crippen molar-refractivity contribution in [3.8, 4) is 6.07 Å². The number of aromatic nitrogens is 2. The van der Waals surface area contributed by atoms with E-state index >= 15 is 0 Å². The van der Waals surface area contributed by atoms with Crippen molar-refractivity contribution in [2.75, 3.05) is 0 Å². The van der Waals surface area contributed by atoms with Crippen LogP contribution in [0.15, 0.2) is 18.3 Å². The van der Waals surface area contributed by atoms with Crippen molar-refractivity contribution in [3.63, 3.8) is 0 Å². The molecule has 0 aliphatic rings. The molecule has 0 saturated carbocycles. The maximum absolute atomic E-state index is 10.5. The van der Waals surface area contributed by atoms with Gasteiger partial charge in [0.25, 0.3) is 0 Å². The van der Waals surface area contributed by atoms with Crippen LogP contribution >= 0.6 is 0 Å². The highest BCUT2D eigenvalue weighted by Gasteiger charge is 2.11. The quantitative estimate of drug-likeness (QED) is 0.865. The van der Waals surface area contributed by atoms with E-state index in [1.54, 1.807) is 4.40 Å². The maximum Gasteiger partial charge on any atom is 0.303 e. The monoisotopic (exact) mass is 229 g/mol. The third-order valence-corrected chi connectivity index (χ3v) is 2.54. The Morgan fingerprint density at radius 1 is 1.65 bits per heavy atom. The summed E-state index contributed by atoms with van der Waals surface area (Å²) in [5, 5.41) is 17.6. The predicted octanol–water partition coefficient (Wildman–Crippen LogP) is 1.53. The number of aliphatic carboxylic acids is 1. The molecule has 5 heteroatoms. The molecule has 0 radical (unpaired) electrons. The van der Waals surface area contributed by atoms with E-state index in [0.29, 0.717) is 17.9 Å². The molecule has 0 unspecified atom stereocenters. The number of carbonyl (C=O) groups is 1. The van der Waals surface area contributed by atoms with Crippen LogP contribution in [0.3, 0.4) is 0 Å². The van der Waals surface area contributed by atoms with Crippen LogP contribution in [0.5, 0.6) is 0 Å². The normalized spacial score (nSPS) is 10.4. The first-order chi connectivity index (χ1) is 8.11. The minimum Gasteiger partial charge on any atom is -0.481 e. The largest absolute Gasteiger partial charge is 0.481 e. The Labute approximate surface area is 97.9 Å². The second kappa shape index (κ2) is 4.26. The fraction of sp³-hybridized carbons (Fsp3) is 0.250. The molecular weight excluding hydrogens is 218 g/mol. The lowest BCUT2D eigenvalue weighted by molar-refractivity contribution is -0.137. The van der Waals surface area contributed by atoms with Gasteiger partial charge < -0.3 is 9.51 Å². The highest BCUT2D eigenvalue weighted by atomic mass is 16.4. The molecule has 2 heterocycles. The Bertz CT molecular complexity index is 622. The van der Waals surface area contributed by atoms with E-state index in [2.05, 4.69) is 4.98 Å². The summed E-state index contributed by atoms with van der Waals surface area (Å²) in [6.07, 6.45) is 2.15. The molecule has 0 aliphatic carbocycles. The Morgan fingerprint density at radius 3 is 3.06 bits per heavy atom. The predicted molar refractivity (Wildman–Crippen MR) is 60.6 cm³/mol. The molecule has 5 nitrogen and oxygen atoms in total. The summed E-state index contributed by atoms with van der Waals surface area (Å²) in [5.41, 5.74) is 2.11. The molecule has 0 amide bonds. The first-order valence-electron chi connectivity index (χ1n) is 5.21. The van der Waals surface area contributed by atoms with E-state index in [0.717, 1.165) is 11.1 Å². The highest BCUT2D eigenvalue weighted by Crippen LogP contribution is 2.15. The molecule has 0 bridgehead atoms. The topological polar surface area (TPSA) is 78.4 Å². The van der Waals surface area contributed by atoms with Gasteiger partial charge in [-0.1, -0.05) is 0 Å². The van der Waals surface area contributed by atoms with E-state index in [9.17, 15) is 4.79 Å². The van der Waals surface area contributed by atoms with Crippen LogP contribution in [0.2, 0.25) is 0 Å². The molecule has 0 saturated heterocycles. The third kappa shape index (κ3) is 2.11. The van der Waals surface area contributed by atoms with Crippen molar-refractivity contribution in [3.05, 3.63) is 35.4 Å². The second-order valence-corrected chi connectivity index (χ2v) is 3.84. The lowest BCUT2D eigenvalue weighted by Gasteiger charge is -2.00. The fourth-order valence-electron chi connectivity index (χ4n) is 1.73. The summed E-state index contributed by atoms with van der Waals surface area (Å²) >= 11 is 0. The summed E-state index contributed by atoms with van der Waals surface area (Å²) in [7, 11) is 0. The zero-order chi connectivity index (χ0) is 12.4. The molecule has 0 atom stereocenters. The van der Waals surface area contributed by atoms with Crippen molar-refractivity contribution in [1.29, 1.82) is 5.26 Å². The summed E-state index contributed by atoms with van der Waals surface area (Å²) in [6, 6.07) is 5.80. The molecule has 86 valence electrons. The Kier molecular flexibility index (Phi) is 2.79. The van der Waals surface area contributed by atoms with Crippen molar-refractivity contribution in [2.45, 2.75) is 19.8 Å². The van der Waals surface area contributed by atoms with Crippen LogP contribution in [0.1, 0.15) is 23.5 Å². The van der Waals surface area contributed by atoms with Gasteiger partial charge in [-0.3, -0.25) is 4.79 Å². The molecule has 2 aromatic heterocycles. The van der Waals surface area contributed by atoms with Crippen LogP contribution in [0, 0.1) is 18.3 Å². The summed E-state index contributed by atoms with van der Waals surface area (Å²) < 4.78 is 1.77. The smallest absolute Gasteiger partial charge is 0.303 e. The van der Waals surface area contributed by atoms with Gasteiger partial charge in [0.05, 0.1) is 11.9 Å². The number of carboxylic acid groups (broad SMARTS) is 1. The lowest BCUT2D eigenvalue weighted by Crippen LogP contribution is -2.01. The standard InChI is InChI=1S/C12H11N3O2/c1-8-4-5-15-10(6-8)9(7-13)14-11(15)2-3-12(16)17/h4-6H,2-3H2,1H3,(H,16,17). The minimum absolute atomic E-state index is 0.0118. The van der Waals surface area contributed by atoms with Crippen molar-refractivity contribution < 1.29 is 9.90 Å². The van der Waals surface area contributed by atoms with E-state index in [1.807, 2.05) is 31.3 Å². The zero-order valence-electron chi connectivity index (χ0n) is 9.34. The molecule has 2 rings (SSSR count). The van der Waals surface area contributed by atoms with Crippen LogP contribution in [-0.4, -0.2) is 20.5 Å². The van der Waals surface area contributed by atoms with E-state index < -0.39 is 5.97 Å². The minimum atomic E-state index is -0.868. The molecule has 0 fully saturated rings. The number of hydrogen-bond donors (Lipinski definition) is 1. The number of nitrogens with zero attached hydrogens (tertiary/aromatic N) is 3. The van der Waals surface area contributed by atoms with Crippen LogP contribution < -0.4 is 0 Å². The molecule has 2 aromatic rings. The van der Waals surface area contributed by atoms with E-state index in [4.69, 9.17) is 10.4 Å². The third-order valence-electron chi connectivity index (χ3n) is 2.54. The van der Waals surface area contributed by atoms with Gasteiger partial charge in [-0.25, -0.2) is 4.98 Å². The summed E-state index contributed by atoms with van der Waals surface area (Å²) in [4.78, 5) is 14.7. The summed E-state index contributed by atoms with van der Waals surface area (Å²) in [5.74, 6) is -0.258. The molecule has 0 spiro atoms. The van der Waals surface area contributed by atoms with Gasteiger partial charge in [-0.05, 0) is 24.6 Å². The number of nitriles is 1. The number of aryl methyl sites for hydroxylation is 2. The first-order valence-corrected chi connectivity index (χ1v) is 5.21. The first kappa shape index (κ1) is 11.1. The van der Waals surface area contributed by atoms with Crippen LogP contribution in [0.4, 0.5) is 0 Å². The fourth-order valence-corrected chi connectivity index (χ4v) is 1.73. The molecule has 17 heavy (non-hydrogen) atoms. The van der Waals surface area contributed by atoms with Crippen molar-refractivity contribution >= 4 is 11.5 Å². The Balaban J connectivity index is 2.50. The summed E-state index contributed by atoms with van der Waals surface area (Å²) in [6.45, 7) is 1.94. The molecular formula is C12H11N3O2. The van der Waals surface area contributed by atoms with Gasteiger partial charge in [-0.15, -0.1) is 0 Å². The van der Waals surface area contributed by atoms with E-state index in [-0.39, 0.29) is 6.42 Å². The van der Waals surface area contributed by atoms with Gasteiger partial charge in [-0.2, -0.15) is 5.26 Å². The average Bonchev–Trinajstić information content (AvgIpc) is 2.63. The highest BCUT2D eigenvalue weighted by molar-refractivity contribution is 5.67. The molecule has 0 aliphatic heterocycles. The van der Waals surface area contributed by atoms with Crippen LogP contribution in [0.25, 0.3) is 5.52 Å². The number of fused-ring (bicyclic) bond motifs is 1. The van der Waals surface area contributed by atoms with Crippen molar-refractivity contribution in [1.82, 2.24) is 9.38 Å². The maximum atomic E-state index is 10.5. The van der Waals surface area contributed by atoms with E-state index in [1.165, 1.54) is 0 Å². The average molecular weight is 229 g/mol. The lowest BCUT2D eigenvalue weighted by atomic mass is 10.2. The second-order valence-electron chi connectivity index (χ2n) is 3.84. The zero-order valence-corrected chi connectivity index (χ0v) is 9.34. The molecule has 1 N–H and O–H groups in total. The number of imidazole rings is 1. The molecule has 0 aromatic carbocycles. The van der Waals surface area contributed by atoms with Gasteiger partial charge >= 0.3 is 5.97 Å². The van der Waals surface area contributed by atoms with Gasteiger partial charge in [0.1, 0.15) is 11.9 Å². The van der Waals surface area contributed by atoms with Gasteiger partial charge in [0, 0.05) is 12.6 Å². The Hall–Kier alpha value is -2.35. The van der Waals surface area contributed by atoms with Gasteiger partial charge in [0.2, 0.25) is 0 Å². The van der Waals surface area contributed by atoms with Crippen LogP contribution in [-0.2, 0) is 11.2 Å².